The van der Waals surface area contributed by atoms with Gasteiger partial charge in [0.25, 0.3) is 0 Å². The fraction of sp³-hybridized carbons (Fsp3) is 0.238. The highest BCUT2D eigenvalue weighted by molar-refractivity contribution is 6.24. The van der Waals surface area contributed by atoms with Crippen molar-refractivity contribution in [3.63, 3.8) is 0 Å². The van der Waals surface area contributed by atoms with Gasteiger partial charge in [-0.05, 0) is 115 Å². The van der Waals surface area contributed by atoms with E-state index in [0.29, 0.717) is 0 Å². The standard InChI is InChI=1S/C42H38O/c1-5-6-7-12-25-43-38-23-17-30(18-24-38)13-8-9-14-31-15-10-11-16-39(31)36-26-32-19-21-34-28-37(42(2,3)4)29-35-22-20-33(27-36)40(32)41(34)35/h10-11,15-24,26-29H,5-7,12,25H2,1-4H3. The summed E-state index contributed by atoms with van der Waals surface area (Å²) in [6, 6.07) is 34.7. The molecule has 0 saturated heterocycles. The highest BCUT2D eigenvalue weighted by Gasteiger charge is 2.17. The lowest BCUT2D eigenvalue weighted by Crippen LogP contribution is -2.10. The molecule has 0 atom stereocenters. The van der Waals surface area contributed by atoms with Crippen LogP contribution in [0.25, 0.3) is 43.4 Å². The molecule has 0 unspecified atom stereocenters. The second kappa shape index (κ2) is 12.3. The molecular weight excluding hydrogens is 520 g/mol. The minimum absolute atomic E-state index is 0.111. The van der Waals surface area contributed by atoms with Crippen molar-refractivity contribution in [2.45, 2.75) is 58.8 Å². The molecule has 0 aromatic heterocycles. The van der Waals surface area contributed by atoms with E-state index in [1.54, 1.807) is 0 Å². The maximum absolute atomic E-state index is 5.85. The van der Waals surface area contributed by atoms with Crippen molar-refractivity contribution in [2.24, 2.45) is 0 Å². The predicted octanol–water partition coefficient (Wildman–Crippen LogP) is 10.9. The molecule has 0 saturated carbocycles. The molecular formula is C42H38O. The van der Waals surface area contributed by atoms with Gasteiger partial charge in [0, 0.05) is 11.1 Å². The van der Waals surface area contributed by atoms with Crippen molar-refractivity contribution in [1.82, 2.24) is 0 Å². The summed E-state index contributed by atoms with van der Waals surface area (Å²) >= 11 is 0. The lowest BCUT2D eigenvalue weighted by molar-refractivity contribution is 0.305. The van der Waals surface area contributed by atoms with Crippen LogP contribution in [0.1, 0.15) is 70.1 Å². The highest BCUT2D eigenvalue weighted by Crippen LogP contribution is 2.40. The quantitative estimate of drug-likeness (QED) is 0.108. The molecule has 6 aromatic carbocycles. The molecule has 0 aliphatic rings. The maximum Gasteiger partial charge on any atom is 0.119 e. The molecule has 1 heteroatoms. The molecule has 0 aliphatic carbocycles. The van der Waals surface area contributed by atoms with E-state index < -0.39 is 0 Å². The van der Waals surface area contributed by atoms with Crippen LogP contribution in [0.2, 0.25) is 0 Å². The Morgan fingerprint density at radius 1 is 0.628 bits per heavy atom. The third kappa shape index (κ3) is 6.23. The number of rotatable bonds is 7. The SMILES string of the molecule is CCCCCCOc1ccc(C#CC#Cc2ccccc2-c2cc3ccc4cc(C(C)(C)C)cc5ccc(c2)c3c45)cc1. The van der Waals surface area contributed by atoms with Crippen LogP contribution in [0.4, 0.5) is 0 Å². The van der Waals surface area contributed by atoms with Gasteiger partial charge in [-0.15, -0.1) is 0 Å². The van der Waals surface area contributed by atoms with Gasteiger partial charge in [0.15, 0.2) is 0 Å². The molecule has 212 valence electrons. The van der Waals surface area contributed by atoms with Crippen LogP contribution in [0.15, 0.2) is 97.1 Å². The lowest BCUT2D eigenvalue weighted by atomic mass is 9.83. The Balaban J connectivity index is 1.26. The first-order valence-electron chi connectivity index (χ1n) is 15.5. The van der Waals surface area contributed by atoms with Crippen LogP contribution in [0, 0.1) is 23.7 Å². The number of hydrogen-bond donors (Lipinski definition) is 0. The summed E-state index contributed by atoms with van der Waals surface area (Å²) in [6.07, 6.45) is 4.82. The minimum Gasteiger partial charge on any atom is -0.494 e. The molecule has 0 bridgehead atoms. The fourth-order valence-electron chi connectivity index (χ4n) is 5.83. The zero-order chi connectivity index (χ0) is 29.8. The summed E-state index contributed by atoms with van der Waals surface area (Å²) in [4.78, 5) is 0. The Bertz CT molecular complexity index is 1950. The Kier molecular flexibility index (Phi) is 8.09. The molecule has 6 aromatic rings. The van der Waals surface area contributed by atoms with Gasteiger partial charge < -0.3 is 4.74 Å². The third-order valence-electron chi connectivity index (χ3n) is 8.23. The Labute approximate surface area is 256 Å². The van der Waals surface area contributed by atoms with E-state index in [9.17, 15) is 0 Å². The summed E-state index contributed by atoms with van der Waals surface area (Å²) in [5, 5.41) is 7.81. The van der Waals surface area contributed by atoms with Gasteiger partial charge in [-0.25, -0.2) is 0 Å². The van der Waals surface area contributed by atoms with Gasteiger partial charge in [-0.2, -0.15) is 0 Å². The van der Waals surface area contributed by atoms with E-state index >= 15 is 0 Å². The monoisotopic (exact) mass is 558 g/mol. The first-order valence-corrected chi connectivity index (χ1v) is 15.5. The molecule has 0 amide bonds. The Morgan fingerprint density at radius 3 is 1.86 bits per heavy atom. The van der Waals surface area contributed by atoms with E-state index in [-0.39, 0.29) is 5.41 Å². The maximum atomic E-state index is 5.85. The molecule has 0 aliphatic heterocycles. The fourth-order valence-corrected chi connectivity index (χ4v) is 5.83. The van der Waals surface area contributed by atoms with E-state index in [4.69, 9.17) is 4.74 Å². The second-order valence-corrected chi connectivity index (χ2v) is 12.5. The molecule has 0 heterocycles. The molecule has 0 radical (unpaired) electrons. The number of unbranched alkanes of at least 4 members (excludes halogenated alkanes) is 3. The van der Waals surface area contributed by atoms with E-state index in [2.05, 4.69) is 118 Å². The zero-order valence-corrected chi connectivity index (χ0v) is 25.7. The molecule has 0 spiro atoms. The molecule has 1 nitrogen and oxygen atoms in total. The number of hydrogen-bond acceptors (Lipinski definition) is 1. The van der Waals surface area contributed by atoms with Crippen LogP contribution < -0.4 is 4.74 Å². The van der Waals surface area contributed by atoms with Crippen molar-refractivity contribution >= 4 is 32.3 Å². The van der Waals surface area contributed by atoms with E-state index in [0.717, 1.165) is 35.5 Å². The number of benzene rings is 6. The van der Waals surface area contributed by atoms with Gasteiger partial charge in [-0.1, -0.05) is 113 Å². The summed E-state index contributed by atoms with van der Waals surface area (Å²) in [5.41, 5.74) is 5.68. The Hall–Kier alpha value is -4.72. The largest absolute Gasteiger partial charge is 0.494 e. The molecule has 6 rings (SSSR count). The third-order valence-corrected chi connectivity index (χ3v) is 8.23. The van der Waals surface area contributed by atoms with Crippen LogP contribution in [-0.4, -0.2) is 6.61 Å². The molecule has 0 N–H and O–H groups in total. The first kappa shape index (κ1) is 28.4. The van der Waals surface area contributed by atoms with Crippen molar-refractivity contribution in [3.8, 4) is 40.6 Å². The summed E-state index contributed by atoms with van der Waals surface area (Å²) in [7, 11) is 0. The van der Waals surface area contributed by atoms with Crippen LogP contribution >= 0.6 is 0 Å². The van der Waals surface area contributed by atoms with Crippen LogP contribution in [0.5, 0.6) is 5.75 Å². The van der Waals surface area contributed by atoms with Gasteiger partial charge in [0.05, 0.1) is 6.61 Å². The second-order valence-electron chi connectivity index (χ2n) is 12.5. The Morgan fingerprint density at radius 2 is 1.23 bits per heavy atom. The first-order chi connectivity index (χ1) is 20.9. The topological polar surface area (TPSA) is 9.23 Å². The van der Waals surface area contributed by atoms with Crippen LogP contribution in [-0.2, 0) is 5.41 Å². The van der Waals surface area contributed by atoms with Crippen LogP contribution in [0.3, 0.4) is 0 Å². The lowest BCUT2D eigenvalue weighted by Gasteiger charge is -2.21. The van der Waals surface area contributed by atoms with Gasteiger partial charge >= 0.3 is 0 Å². The van der Waals surface area contributed by atoms with Gasteiger partial charge in [-0.3, -0.25) is 0 Å². The number of ether oxygens (including phenoxy) is 1. The van der Waals surface area contributed by atoms with Crippen molar-refractivity contribution in [1.29, 1.82) is 0 Å². The molecule has 43 heavy (non-hydrogen) atoms. The average molecular weight is 559 g/mol. The zero-order valence-electron chi connectivity index (χ0n) is 25.7. The normalized spacial score (nSPS) is 11.3. The minimum atomic E-state index is 0.111. The smallest absolute Gasteiger partial charge is 0.119 e. The van der Waals surface area contributed by atoms with Gasteiger partial charge in [0.2, 0.25) is 0 Å². The van der Waals surface area contributed by atoms with Crippen molar-refractivity contribution < 1.29 is 4.74 Å². The molecule has 0 fully saturated rings. The van der Waals surface area contributed by atoms with Gasteiger partial charge in [0.1, 0.15) is 5.75 Å². The predicted molar refractivity (Wildman–Crippen MR) is 184 cm³/mol. The van der Waals surface area contributed by atoms with E-state index in [1.807, 2.05) is 30.3 Å². The average Bonchev–Trinajstić information content (AvgIpc) is 3.02. The van der Waals surface area contributed by atoms with Crippen molar-refractivity contribution in [3.05, 3.63) is 114 Å². The summed E-state index contributed by atoms with van der Waals surface area (Å²) in [5.74, 6) is 13.5. The highest BCUT2D eigenvalue weighted by atomic mass is 16.5. The van der Waals surface area contributed by atoms with Crippen molar-refractivity contribution in [2.75, 3.05) is 6.61 Å². The van der Waals surface area contributed by atoms with E-state index in [1.165, 1.54) is 62.7 Å². The summed E-state index contributed by atoms with van der Waals surface area (Å²) < 4.78 is 5.85. The summed E-state index contributed by atoms with van der Waals surface area (Å²) in [6.45, 7) is 9.82.